The predicted octanol–water partition coefficient (Wildman–Crippen LogP) is 5.12. The summed E-state index contributed by atoms with van der Waals surface area (Å²) in [4.78, 5) is 19.3. The van der Waals surface area contributed by atoms with E-state index in [1.807, 2.05) is 0 Å². The number of pyridine rings is 1. The number of H-pyrrole nitrogens is 1. The molecular weight excluding hydrogens is 369 g/mol. The van der Waals surface area contributed by atoms with E-state index < -0.39 is 23.8 Å². The molecule has 1 unspecified atom stereocenters. The number of amides is 2. The summed E-state index contributed by atoms with van der Waals surface area (Å²) in [6, 6.07) is 5.43. The number of fused-ring (bicyclic) bond motifs is 1. The zero-order chi connectivity index (χ0) is 18.9. The number of halogens is 4. The highest BCUT2D eigenvalue weighted by molar-refractivity contribution is 6.30. The van der Waals surface area contributed by atoms with E-state index in [2.05, 4.69) is 20.6 Å². The van der Waals surface area contributed by atoms with Gasteiger partial charge in [0.05, 0.1) is 34.5 Å². The smallest absolute Gasteiger partial charge is 0.360 e. The molecule has 0 saturated heterocycles. The molecule has 2 amide bonds. The minimum absolute atomic E-state index is 0.0507. The first kappa shape index (κ1) is 18.1. The number of aromatic nitrogens is 2. The summed E-state index contributed by atoms with van der Waals surface area (Å²) in [6.07, 6.45) is -1.30. The molecule has 0 radical (unpaired) electrons. The van der Waals surface area contributed by atoms with Crippen LogP contribution in [0.25, 0.3) is 11.0 Å². The van der Waals surface area contributed by atoms with E-state index in [9.17, 15) is 18.0 Å². The van der Waals surface area contributed by atoms with Crippen LogP contribution in [-0.4, -0.2) is 16.0 Å². The van der Waals surface area contributed by atoms with Gasteiger partial charge in [0.2, 0.25) is 0 Å². The summed E-state index contributed by atoms with van der Waals surface area (Å²) in [6.45, 7) is 1.57. The molecule has 1 aromatic carbocycles. The Labute approximate surface area is 151 Å². The number of carbonyl (C=O) groups excluding carboxylic acids is 1. The van der Waals surface area contributed by atoms with Gasteiger partial charge in [-0.2, -0.15) is 13.2 Å². The van der Waals surface area contributed by atoms with Gasteiger partial charge in [0.1, 0.15) is 0 Å². The fourth-order valence-corrected chi connectivity index (χ4v) is 2.72. The van der Waals surface area contributed by atoms with Crippen LogP contribution in [0.5, 0.6) is 0 Å². The van der Waals surface area contributed by atoms with E-state index in [1.165, 1.54) is 12.3 Å². The minimum Gasteiger partial charge on any atom is -0.360 e. The molecule has 0 saturated carbocycles. The molecule has 1 atom stereocenters. The third-order valence-corrected chi connectivity index (χ3v) is 3.97. The quantitative estimate of drug-likeness (QED) is 0.588. The second-order valence-corrected chi connectivity index (χ2v) is 6.16. The molecular formula is C17H14ClF3N4O. The predicted molar refractivity (Wildman–Crippen MR) is 93.1 cm³/mol. The molecule has 0 aliphatic carbocycles. The third-order valence-electron chi connectivity index (χ3n) is 3.75. The van der Waals surface area contributed by atoms with Crippen LogP contribution < -0.4 is 10.6 Å². The second kappa shape index (κ2) is 6.87. The Bertz CT molecular complexity index is 955. The van der Waals surface area contributed by atoms with E-state index in [-0.39, 0.29) is 10.6 Å². The van der Waals surface area contributed by atoms with Gasteiger partial charge in [0, 0.05) is 11.2 Å². The van der Waals surface area contributed by atoms with Crippen molar-refractivity contribution >= 4 is 34.4 Å². The van der Waals surface area contributed by atoms with Gasteiger partial charge in [0.15, 0.2) is 0 Å². The average molecular weight is 383 g/mol. The molecule has 0 aliphatic heterocycles. The number of nitrogens with one attached hydrogen (secondary N) is 3. The van der Waals surface area contributed by atoms with Crippen LogP contribution in [0.15, 0.2) is 42.7 Å². The van der Waals surface area contributed by atoms with Gasteiger partial charge in [-0.15, -0.1) is 0 Å². The highest BCUT2D eigenvalue weighted by Crippen LogP contribution is 2.33. The number of nitrogens with zero attached hydrogens (tertiary/aromatic N) is 1. The van der Waals surface area contributed by atoms with Gasteiger partial charge in [0.25, 0.3) is 0 Å². The number of carbonyl (C=O) groups is 1. The van der Waals surface area contributed by atoms with Crippen molar-refractivity contribution in [3.8, 4) is 0 Å². The summed E-state index contributed by atoms with van der Waals surface area (Å²) >= 11 is 5.77. The zero-order valence-corrected chi connectivity index (χ0v) is 14.2. The number of urea groups is 1. The fourth-order valence-electron chi connectivity index (χ4n) is 2.48. The van der Waals surface area contributed by atoms with E-state index in [0.717, 1.165) is 23.2 Å². The average Bonchev–Trinajstić information content (AvgIpc) is 3.01. The molecule has 5 nitrogen and oxygen atoms in total. The molecule has 3 N–H and O–H groups in total. The van der Waals surface area contributed by atoms with Crippen molar-refractivity contribution in [2.75, 3.05) is 5.32 Å². The lowest BCUT2D eigenvalue weighted by molar-refractivity contribution is -0.137. The van der Waals surface area contributed by atoms with Crippen molar-refractivity contribution < 1.29 is 18.0 Å². The first-order chi connectivity index (χ1) is 12.2. The number of aromatic amines is 1. The Morgan fingerprint density at radius 2 is 2.04 bits per heavy atom. The Morgan fingerprint density at radius 1 is 1.27 bits per heavy atom. The van der Waals surface area contributed by atoms with Crippen molar-refractivity contribution in [3.05, 3.63) is 58.9 Å². The Balaban J connectivity index is 1.71. The molecule has 9 heteroatoms. The number of anilines is 1. The van der Waals surface area contributed by atoms with Crippen molar-refractivity contribution in [2.45, 2.75) is 19.1 Å². The lowest BCUT2D eigenvalue weighted by Gasteiger charge is -2.17. The number of alkyl halides is 3. The Morgan fingerprint density at radius 3 is 2.77 bits per heavy atom. The third kappa shape index (κ3) is 4.08. The fraction of sp³-hybridized carbons (Fsp3) is 0.176. The molecule has 0 bridgehead atoms. The molecule has 3 rings (SSSR count). The SMILES string of the molecule is CC(NC(=O)Nc1cnc2cc[nH]c2c1)c1cc(Cl)cc(C(F)(F)F)c1. The van der Waals surface area contributed by atoms with Gasteiger partial charge in [-0.05, 0) is 42.8 Å². The first-order valence-electron chi connectivity index (χ1n) is 7.61. The van der Waals surface area contributed by atoms with Crippen LogP contribution in [0.3, 0.4) is 0 Å². The summed E-state index contributed by atoms with van der Waals surface area (Å²) in [5.74, 6) is 0. The van der Waals surface area contributed by atoms with E-state index in [0.29, 0.717) is 5.69 Å². The molecule has 26 heavy (non-hydrogen) atoms. The van der Waals surface area contributed by atoms with Crippen LogP contribution in [-0.2, 0) is 6.18 Å². The van der Waals surface area contributed by atoms with Gasteiger partial charge in [-0.25, -0.2) is 4.79 Å². The molecule has 0 spiro atoms. The zero-order valence-electron chi connectivity index (χ0n) is 13.5. The molecule has 136 valence electrons. The maximum absolute atomic E-state index is 12.9. The van der Waals surface area contributed by atoms with Gasteiger partial charge in [-0.1, -0.05) is 11.6 Å². The van der Waals surface area contributed by atoms with Crippen LogP contribution in [0.1, 0.15) is 24.1 Å². The number of hydrogen-bond donors (Lipinski definition) is 3. The van der Waals surface area contributed by atoms with Crippen molar-refractivity contribution in [1.29, 1.82) is 0 Å². The Hall–Kier alpha value is -2.74. The largest absolute Gasteiger partial charge is 0.416 e. The van der Waals surface area contributed by atoms with Gasteiger partial charge < -0.3 is 15.6 Å². The second-order valence-electron chi connectivity index (χ2n) is 5.73. The highest BCUT2D eigenvalue weighted by Gasteiger charge is 2.31. The summed E-state index contributed by atoms with van der Waals surface area (Å²) in [5.41, 5.74) is 1.34. The number of hydrogen-bond acceptors (Lipinski definition) is 2. The van der Waals surface area contributed by atoms with Crippen molar-refractivity contribution in [1.82, 2.24) is 15.3 Å². The van der Waals surface area contributed by atoms with E-state index >= 15 is 0 Å². The maximum atomic E-state index is 12.9. The van der Waals surface area contributed by atoms with E-state index in [4.69, 9.17) is 11.6 Å². The number of rotatable bonds is 3. The summed E-state index contributed by atoms with van der Waals surface area (Å²) < 4.78 is 38.7. The van der Waals surface area contributed by atoms with Crippen LogP contribution in [0.2, 0.25) is 5.02 Å². The summed E-state index contributed by atoms with van der Waals surface area (Å²) in [7, 11) is 0. The maximum Gasteiger partial charge on any atom is 0.416 e. The van der Waals surface area contributed by atoms with Gasteiger partial charge >= 0.3 is 12.2 Å². The van der Waals surface area contributed by atoms with Gasteiger partial charge in [-0.3, -0.25) is 4.98 Å². The lowest BCUT2D eigenvalue weighted by atomic mass is 10.0. The molecule has 2 heterocycles. The number of benzene rings is 1. The minimum atomic E-state index is -4.52. The summed E-state index contributed by atoms with van der Waals surface area (Å²) in [5, 5.41) is 5.12. The normalized spacial score (nSPS) is 12.8. The van der Waals surface area contributed by atoms with Crippen LogP contribution in [0.4, 0.5) is 23.7 Å². The molecule has 0 aliphatic rings. The van der Waals surface area contributed by atoms with Crippen molar-refractivity contribution in [2.24, 2.45) is 0 Å². The first-order valence-corrected chi connectivity index (χ1v) is 7.98. The standard InChI is InChI=1S/C17H14ClF3N4O/c1-9(10-4-11(17(19,20)21)6-12(18)5-10)24-16(26)25-13-7-15-14(23-8-13)2-3-22-15/h2-9,22H,1H3,(H2,24,25,26). The monoisotopic (exact) mass is 382 g/mol. The topological polar surface area (TPSA) is 69.8 Å². The van der Waals surface area contributed by atoms with Crippen LogP contribution >= 0.6 is 11.6 Å². The van der Waals surface area contributed by atoms with Crippen LogP contribution in [0, 0.1) is 0 Å². The lowest BCUT2D eigenvalue weighted by Crippen LogP contribution is -2.31. The Kier molecular flexibility index (Phi) is 4.78. The molecule has 3 aromatic rings. The van der Waals surface area contributed by atoms with E-state index in [1.54, 1.807) is 25.3 Å². The highest BCUT2D eigenvalue weighted by atomic mass is 35.5. The molecule has 0 fully saturated rings. The van der Waals surface area contributed by atoms with Crippen molar-refractivity contribution in [3.63, 3.8) is 0 Å². The molecule has 2 aromatic heterocycles.